The molecule has 3 rings (SSSR count). The number of quaternary nitrogens is 2. The average Bonchev–Trinajstić information content (AvgIpc) is 3.35. The molecule has 1 aromatic rings. The molecular formula is C22H38N4O2+2. The number of fused-ring (bicyclic) bond motifs is 1. The molecule has 2 heterocycles. The van der Waals surface area contributed by atoms with Crippen molar-refractivity contribution >= 4 is 17.8 Å². The molecule has 156 valence electrons. The summed E-state index contributed by atoms with van der Waals surface area (Å²) in [5.74, 6) is 2.04. The second-order valence-corrected chi connectivity index (χ2v) is 8.72. The minimum atomic E-state index is -0.0786. The summed E-state index contributed by atoms with van der Waals surface area (Å²) < 4.78 is 0.197. The molecule has 1 aromatic heterocycles. The Hall–Kier alpha value is -1.53. The first-order valence-corrected chi connectivity index (χ1v) is 11.4. The Kier molecular flexibility index (Phi) is 6.40. The van der Waals surface area contributed by atoms with E-state index in [4.69, 9.17) is 4.98 Å². The maximum absolute atomic E-state index is 14.1. The third-order valence-electron chi connectivity index (χ3n) is 6.62. The molecule has 1 aliphatic carbocycles. The van der Waals surface area contributed by atoms with Gasteiger partial charge in [-0.15, -0.1) is 4.48 Å². The van der Waals surface area contributed by atoms with Crippen LogP contribution in [0, 0.1) is 0 Å². The molecule has 2 aliphatic rings. The number of H-pyrrole nitrogens is 1. The van der Waals surface area contributed by atoms with Crippen LogP contribution in [0.1, 0.15) is 101 Å². The first-order chi connectivity index (χ1) is 13.5. The Labute approximate surface area is 169 Å². The molecule has 0 unspecified atom stereocenters. The highest BCUT2D eigenvalue weighted by molar-refractivity contribution is 6.05. The van der Waals surface area contributed by atoms with Gasteiger partial charge < -0.3 is 0 Å². The summed E-state index contributed by atoms with van der Waals surface area (Å²) in [6.45, 7) is 11.0. The Balaban J connectivity index is 2.22. The fourth-order valence-corrected chi connectivity index (χ4v) is 5.54. The fraction of sp³-hybridized carbons (Fsp3) is 0.773. The van der Waals surface area contributed by atoms with Gasteiger partial charge >= 0.3 is 11.9 Å². The second kappa shape index (κ2) is 8.46. The zero-order valence-electron chi connectivity index (χ0n) is 18.2. The summed E-state index contributed by atoms with van der Waals surface area (Å²) in [4.78, 5) is 36.2. The van der Waals surface area contributed by atoms with E-state index in [1.807, 2.05) is 0 Å². The lowest BCUT2D eigenvalue weighted by atomic mass is 10.1. The summed E-state index contributed by atoms with van der Waals surface area (Å²) in [7, 11) is 0. The van der Waals surface area contributed by atoms with Crippen molar-refractivity contribution in [3.63, 3.8) is 0 Å². The third-order valence-corrected chi connectivity index (χ3v) is 6.62. The molecule has 28 heavy (non-hydrogen) atoms. The Bertz CT molecular complexity index is 706. The third kappa shape index (κ3) is 3.14. The monoisotopic (exact) mass is 390 g/mol. The smallest absolute Gasteiger partial charge is 0.296 e. The molecule has 0 bridgehead atoms. The lowest BCUT2D eigenvalue weighted by Gasteiger charge is -2.43. The topological polar surface area (TPSA) is 62.8 Å². The van der Waals surface area contributed by atoms with Crippen LogP contribution in [-0.4, -0.2) is 52.6 Å². The number of nitrogens with one attached hydrogen (secondary N) is 1. The van der Waals surface area contributed by atoms with Crippen molar-refractivity contribution in [3.05, 3.63) is 11.5 Å². The van der Waals surface area contributed by atoms with E-state index in [2.05, 4.69) is 32.7 Å². The molecule has 0 saturated heterocycles. The predicted octanol–water partition coefficient (Wildman–Crippen LogP) is 5.11. The number of aromatic nitrogens is 2. The van der Waals surface area contributed by atoms with E-state index in [1.165, 1.54) is 12.8 Å². The number of carbonyl (C=O) groups is 2. The quantitative estimate of drug-likeness (QED) is 0.596. The molecule has 3 amide bonds. The summed E-state index contributed by atoms with van der Waals surface area (Å²) in [6.07, 6.45) is 8.11. The number of imide groups is 1. The number of carbonyl (C=O) groups excluding carboxylic acids is 2. The molecule has 1 aliphatic heterocycles. The van der Waals surface area contributed by atoms with Crippen molar-refractivity contribution in [2.24, 2.45) is 0 Å². The van der Waals surface area contributed by atoms with Crippen molar-refractivity contribution in [1.82, 2.24) is 14.5 Å². The van der Waals surface area contributed by atoms with Gasteiger partial charge in [0.25, 0.3) is 11.5 Å². The van der Waals surface area contributed by atoms with Gasteiger partial charge in [0.2, 0.25) is 0 Å². The normalized spacial score (nSPS) is 21.3. The lowest BCUT2D eigenvalue weighted by Crippen LogP contribution is -2.74. The molecule has 0 atom stereocenters. The first-order valence-electron chi connectivity index (χ1n) is 11.4. The zero-order valence-corrected chi connectivity index (χ0v) is 18.2. The highest BCUT2D eigenvalue weighted by atomic mass is 16.2. The number of hydrogen-bond donors (Lipinski definition) is 1. The van der Waals surface area contributed by atoms with Gasteiger partial charge in [-0.3, -0.25) is 4.98 Å². The second-order valence-electron chi connectivity index (χ2n) is 8.72. The average molecular weight is 391 g/mol. The number of imidazole rings is 1. The number of aromatic amines is 1. The summed E-state index contributed by atoms with van der Waals surface area (Å²) >= 11 is 0. The highest BCUT2D eigenvalue weighted by Gasteiger charge is 2.64. The largest absolute Gasteiger partial charge is 0.528 e. The highest BCUT2D eigenvalue weighted by Crippen LogP contribution is 2.41. The molecule has 1 fully saturated rings. The van der Waals surface area contributed by atoms with Gasteiger partial charge in [-0.1, -0.05) is 40.5 Å². The van der Waals surface area contributed by atoms with Crippen LogP contribution >= 0.6 is 0 Å². The molecule has 6 heteroatoms. The predicted molar refractivity (Wildman–Crippen MR) is 112 cm³/mol. The minimum absolute atomic E-state index is 0.0606. The van der Waals surface area contributed by atoms with Gasteiger partial charge in [0.15, 0.2) is 0 Å². The fourth-order valence-electron chi connectivity index (χ4n) is 5.54. The van der Waals surface area contributed by atoms with Gasteiger partial charge in [-0.25, -0.2) is 9.78 Å². The molecule has 1 saturated carbocycles. The number of urea groups is 1. The molecule has 0 aromatic carbocycles. The number of amides is 3. The Morgan fingerprint density at radius 2 is 1.36 bits per heavy atom. The number of rotatable bonds is 9. The molecule has 0 radical (unpaired) electrons. The lowest BCUT2D eigenvalue weighted by molar-refractivity contribution is -0.772. The Morgan fingerprint density at radius 3 is 1.86 bits per heavy atom. The van der Waals surface area contributed by atoms with E-state index < -0.39 is 0 Å². The van der Waals surface area contributed by atoms with E-state index in [9.17, 15) is 9.59 Å². The van der Waals surface area contributed by atoms with Crippen LogP contribution in [0.4, 0.5) is 10.6 Å². The van der Waals surface area contributed by atoms with Gasteiger partial charge in [-0.05, 0) is 38.5 Å². The van der Waals surface area contributed by atoms with E-state index in [1.54, 1.807) is 0 Å². The summed E-state index contributed by atoms with van der Waals surface area (Å²) in [5, 5.41) is 0. The Morgan fingerprint density at radius 1 is 0.857 bits per heavy atom. The minimum Gasteiger partial charge on any atom is -0.296 e. The van der Waals surface area contributed by atoms with Crippen LogP contribution in [0.2, 0.25) is 0 Å². The maximum Gasteiger partial charge on any atom is 0.528 e. The van der Waals surface area contributed by atoms with Crippen molar-refractivity contribution in [3.8, 4) is 0 Å². The molecular weight excluding hydrogens is 352 g/mol. The molecule has 0 spiro atoms. The first kappa shape index (κ1) is 21.2. The number of nitrogens with zero attached hydrogens (tertiary/aromatic N) is 3. The van der Waals surface area contributed by atoms with Crippen LogP contribution in [0.15, 0.2) is 0 Å². The zero-order chi connectivity index (χ0) is 20.4. The number of hydrogen-bond acceptors (Lipinski definition) is 3. The van der Waals surface area contributed by atoms with Gasteiger partial charge in [0.1, 0.15) is 5.82 Å². The SMILES string of the molecule is CCC[N+]1(CCC)C(=O)c2nc(C3CCCC3)[nH]c2[N+](CCC)(CCC)C1=O. The van der Waals surface area contributed by atoms with Crippen molar-refractivity contribution < 1.29 is 14.1 Å². The van der Waals surface area contributed by atoms with E-state index >= 15 is 0 Å². The van der Waals surface area contributed by atoms with Crippen LogP contribution in [0.25, 0.3) is 0 Å². The van der Waals surface area contributed by atoms with Crippen LogP contribution < -0.4 is 4.48 Å². The summed E-state index contributed by atoms with van der Waals surface area (Å²) in [6, 6.07) is 0.0616. The van der Waals surface area contributed by atoms with Crippen molar-refractivity contribution in [2.45, 2.75) is 85.0 Å². The van der Waals surface area contributed by atoms with Crippen LogP contribution in [0.5, 0.6) is 0 Å². The van der Waals surface area contributed by atoms with Gasteiger partial charge in [-0.2, -0.15) is 9.28 Å². The van der Waals surface area contributed by atoms with Crippen molar-refractivity contribution in [2.75, 3.05) is 26.2 Å². The molecule has 1 N–H and O–H groups in total. The van der Waals surface area contributed by atoms with E-state index in [0.29, 0.717) is 24.7 Å². The van der Waals surface area contributed by atoms with E-state index in [0.717, 1.165) is 63.3 Å². The standard InChI is InChI=1S/C22H37N4O2/c1-5-13-25(14-6-2)20-18(23-19(24-20)17-11-9-10-12-17)21(27)26(15-7-3,16-8-4)22(25)28/h17H,5-16H2,1-4H3/q+1/p+1. The van der Waals surface area contributed by atoms with Crippen LogP contribution in [0.3, 0.4) is 0 Å². The van der Waals surface area contributed by atoms with Gasteiger partial charge in [0, 0.05) is 5.92 Å². The van der Waals surface area contributed by atoms with E-state index in [-0.39, 0.29) is 20.9 Å². The maximum atomic E-state index is 14.1. The van der Waals surface area contributed by atoms with Gasteiger partial charge in [0.05, 0.1) is 26.2 Å². The summed E-state index contributed by atoms with van der Waals surface area (Å²) in [5.41, 5.74) is 0.547. The van der Waals surface area contributed by atoms with Crippen LogP contribution in [-0.2, 0) is 0 Å². The van der Waals surface area contributed by atoms with Crippen molar-refractivity contribution in [1.29, 1.82) is 0 Å². The molecule has 6 nitrogen and oxygen atoms in total.